The van der Waals surface area contributed by atoms with Crippen LogP contribution < -0.4 is 0 Å². The Hall–Kier alpha value is -1.36. The highest BCUT2D eigenvalue weighted by atomic mass is 16.4. The summed E-state index contributed by atoms with van der Waals surface area (Å²) in [5.41, 5.74) is 2.43. The first-order chi connectivity index (χ1) is 8.56. The van der Waals surface area contributed by atoms with Crippen molar-refractivity contribution in [2.45, 2.75) is 32.7 Å². The van der Waals surface area contributed by atoms with E-state index >= 15 is 0 Å². The van der Waals surface area contributed by atoms with E-state index in [9.17, 15) is 4.79 Å². The van der Waals surface area contributed by atoms with E-state index in [1.165, 1.54) is 11.3 Å². The van der Waals surface area contributed by atoms with Gasteiger partial charge < -0.3 is 5.11 Å². The summed E-state index contributed by atoms with van der Waals surface area (Å²) in [5, 5.41) is 13.1. The smallest absolute Gasteiger partial charge is 0.303 e. The van der Waals surface area contributed by atoms with E-state index in [0.717, 1.165) is 32.5 Å². The Balaban J connectivity index is 1.93. The molecule has 5 heteroatoms. The van der Waals surface area contributed by atoms with Crippen LogP contribution in [-0.4, -0.2) is 38.8 Å². The van der Waals surface area contributed by atoms with Crippen molar-refractivity contribution >= 4 is 5.97 Å². The molecule has 1 unspecified atom stereocenters. The van der Waals surface area contributed by atoms with Crippen LogP contribution in [-0.2, 0) is 18.4 Å². The third-order valence-corrected chi connectivity index (χ3v) is 3.80. The number of likely N-dealkylation sites (tertiary alicyclic amines) is 1. The minimum atomic E-state index is -0.681. The second-order valence-corrected chi connectivity index (χ2v) is 5.22. The van der Waals surface area contributed by atoms with Gasteiger partial charge in [-0.05, 0) is 32.2 Å². The average Bonchev–Trinajstić information content (AvgIpc) is 2.61. The van der Waals surface area contributed by atoms with E-state index in [-0.39, 0.29) is 0 Å². The fraction of sp³-hybridized carbons (Fsp3) is 0.692. The molecule has 1 aliphatic heterocycles. The number of aliphatic carboxylic acids is 1. The summed E-state index contributed by atoms with van der Waals surface area (Å²) in [6.07, 6.45) is 4.34. The van der Waals surface area contributed by atoms with Gasteiger partial charge in [0.15, 0.2) is 0 Å². The lowest BCUT2D eigenvalue weighted by atomic mass is 9.94. The topological polar surface area (TPSA) is 58.4 Å². The van der Waals surface area contributed by atoms with E-state index in [2.05, 4.69) is 16.9 Å². The van der Waals surface area contributed by atoms with Crippen molar-refractivity contribution in [3.05, 3.63) is 17.5 Å². The molecule has 0 aromatic carbocycles. The molecule has 1 atom stereocenters. The fourth-order valence-corrected chi connectivity index (χ4v) is 2.65. The van der Waals surface area contributed by atoms with Crippen molar-refractivity contribution in [1.82, 2.24) is 14.7 Å². The van der Waals surface area contributed by atoms with Gasteiger partial charge >= 0.3 is 5.97 Å². The maximum Gasteiger partial charge on any atom is 0.303 e. The molecule has 1 fully saturated rings. The molecule has 1 saturated heterocycles. The van der Waals surface area contributed by atoms with Crippen LogP contribution in [0.2, 0.25) is 0 Å². The fourth-order valence-electron chi connectivity index (χ4n) is 2.65. The minimum Gasteiger partial charge on any atom is -0.481 e. The maximum absolute atomic E-state index is 10.8. The van der Waals surface area contributed by atoms with Gasteiger partial charge in [-0.25, -0.2) is 0 Å². The summed E-state index contributed by atoms with van der Waals surface area (Å²) in [7, 11) is 1.95. The monoisotopic (exact) mass is 251 g/mol. The van der Waals surface area contributed by atoms with E-state index in [0.29, 0.717) is 12.3 Å². The first kappa shape index (κ1) is 13.1. The number of carboxylic acid groups (broad SMARTS) is 1. The lowest BCUT2D eigenvalue weighted by Gasteiger charge is -2.31. The van der Waals surface area contributed by atoms with E-state index in [1.807, 2.05) is 17.9 Å². The van der Waals surface area contributed by atoms with Crippen LogP contribution in [0, 0.1) is 12.8 Å². The first-order valence-electron chi connectivity index (χ1n) is 6.48. The molecule has 100 valence electrons. The highest BCUT2D eigenvalue weighted by molar-refractivity contribution is 5.67. The summed E-state index contributed by atoms with van der Waals surface area (Å²) in [5.74, 6) is -0.382. The molecule has 18 heavy (non-hydrogen) atoms. The molecule has 0 spiro atoms. The van der Waals surface area contributed by atoms with Crippen molar-refractivity contribution in [1.29, 1.82) is 0 Å². The standard InChI is InChI=1S/C13H21N3O2/c1-10-12(7-14-15(10)2)9-16-5-3-4-11(8-16)6-13(17)18/h7,11H,3-6,8-9H2,1-2H3,(H,17,18). The largest absolute Gasteiger partial charge is 0.481 e. The molecule has 1 aliphatic rings. The average molecular weight is 251 g/mol. The summed E-state index contributed by atoms with van der Waals surface area (Å²) >= 11 is 0. The van der Waals surface area contributed by atoms with Gasteiger partial charge in [-0.2, -0.15) is 5.10 Å². The van der Waals surface area contributed by atoms with Crippen molar-refractivity contribution in [2.75, 3.05) is 13.1 Å². The number of piperidine rings is 1. The Morgan fingerprint density at radius 2 is 2.39 bits per heavy atom. The van der Waals surface area contributed by atoms with E-state index < -0.39 is 5.97 Å². The van der Waals surface area contributed by atoms with Crippen molar-refractivity contribution in [3.8, 4) is 0 Å². The third-order valence-electron chi connectivity index (χ3n) is 3.80. The highest BCUT2D eigenvalue weighted by Gasteiger charge is 2.22. The molecule has 0 saturated carbocycles. The molecule has 0 bridgehead atoms. The molecule has 1 N–H and O–H groups in total. The highest BCUT2D eigenvalue weighted by Crippen LogP contribution is 2.21. The zero-order valence-corrected chi connectivity index (χ0v) is 11.1. The molecule has 1 aromatic rings. The summed E-state index contributed by atoms with van der Waals surface area (Å²) in [4.78, 5) is 13.1. The van der Waals surface area contributed by atoms with Gasteiger partial charge in [0.05, 0.1) is 6.20 Å². The first-order valence-corrected chi connectivity index (χ1v) is 6.48. The number of rotatable bonds is 4. The van der Waals surface area contributed by atoms with Crippen molar-refractivity contribution in [3.63, 3.8) is 0 Å². The molecule has 1 aromatic heterocycles. The zero-order chi connectivity index (χ0) is 13.1. The molecule has 0 amide bonds. The normalized spacial score (nSPS) is 21.1. The number of aromatic nitrogens is 2. The number of nitrogens with zero attached hydrogens (tertiary/aromatic N) is 3. The predicted molar refractivity (Wildman–Crippen MR) is 68.2 cm³/mol. The summed E-state index contributed by atoms with van der Waals surface area (Å²) in [6.45, 7) is 4.90. The van der Waals surface area contributed by atoms with Crippen LogP contribution in [0.5, 0.6) is 0 Å². The van der Waals surface area contributed by atoms with Crippen LogP contribution in [0.4, 0.5) is 0 Å². The molecule has 2 heterocycles. The SMILES string of the molecule is Cc1c(CN2CCCC(CC(=O)O)C2)cnn1C. The zero-order valence-electron chi connectivity index (χ0n) is 11.1. The van der Waals surface area contributed by atoms with Gasteiger partial charge in [0.25, 0.3) is 0 Å². The van der Waals surface area contributed by atoms with Crippen LogP contribution in [0.15, 0.2) is 6.20 Å². The Kier molecular flexibility index (Phi) is 4.01. The van der Waals surface area contributed by atoms with Crippen LogP contribution in [0.1, 0.15) is 30.5 Å². The second-order valence-electron chi connectivity index (χ2n) is 5.22. The van der Waals surface area contributed by atoms with Gasteiger partial charge in [0.2, 0.25) is 0 Å². The van der Waals surface area contributed by atoms with Gasteiger partial charge in [-0.3, -0.25) is 14.4 Å². The molecule has 0 radical (unpaired) electrons. The Morgan fingerprint density at radius 1 is 1.61 bits per heavy atom. The second kappa shape index (κ2) is 5.52. The van der Waals surface area contributed by atoms with Crippen molar-refractivity contribution < 1.29 is 9.90 Å². The lowest BCUT2D eigenvalue weighted by Crippen LogP contribution is -2.35. The number of hydrogen-bond donors (Lipinski definition) is 1. The quantitative estimate of drug-likeness (QED) is 0.879. The minimum absolute atomic E-state index is 0.294. The Bertz CT molecular complexity index is 428. The van der Waals surface area contributed by atoms with Crippen LogP contribution in [0.25, 0.3) is 0 Å². The lowest BCUT2D eigenvalue weighted by molar-refractivity contribution is -0.138. The maximum atomic E-state index is 10.8. The number of hydrogen-bond acceptors (Lipinski definition) is 3. The molecule has 0 aliphatic carbocycles. The van der Waals surface area contributed by atoms with Crippen molar-refractivity contribution in [2.24, 2.45) is 13.0 Å². The van der Waals surface area contributed by atoms with Gasteiger partial charge in [-0.15, -0.1) is 0 Å². The van der Waals surface area contributed by atoms with Gasteiger partial charge in [-0.1, -0.05) is 0 Å². The molecular formula is C13H21N3O2. The van der Waals surface area contributed by atoms with Crippen LogP contribution >= 0.6 is 0 Å². The van der Waals surface area contributed by atoms with E-state index in [1.54, 1.807) is 0 Å². The number of carbonyl (C=O) groups is 1. The van der Waals surface area contributed by atoms with Crippen LogP contribution in [0.3, 0.4) is 0 Å². The summed E-state index contributed by atoms with van der Waals surface area (Å²) < 4.78 is 1.88. The number of carboxylic acids is 1. The van der Waals surface area contributed by atoms with E-state index in [4.69, 9.17) is 5.11 Å². The predicted octanol–water partition coefficient (Wildman–Crippen LogP) is 1.42. The number of aryl methyl sites for hydroxylation is 1. The molecule has 2 rings (SSSR count). The third kappa shape index (κ3) is 3.10. The molecule has 5 nitrogen and oxygen atoms in total. The Labute approximate surface area is 107 Å². The van der Waals surface area contributed by atoms with Gasteiger partial charge in [0, 0.05) is 37.8 Å². The Morgan fingerprint density at radius 3 is 3.00 bits per heavy atom. The molecular weight excluding hydrogens is 230 g/mol. The van der Waals surface area contributed by atoms with Gasteiger partial charge in [0.1, 0.15) is 0 Å². The summed E-state index contributed by atoms with van der Waals surface area (Å²) in [6, 6.07) is 0.